The van der Waals surface area contributed by atoms with Crippen LogP contribution in [0.3, 0.4) is 0 Å². The summed E-state index contributed by atoms with van der Waals surface area (Å²) in [6.07, 6.45) is 14.5. The molecule has 0 unspecified atom stereocenters. The molecule has 0 nitrogen and oxygen atoms in total. The fourth-order valence-corrected chi connectivity index (χ4v) is 13.7. The van der Waals surface area contributed by atoms with E-state index in [9.17, 15) is 26.3 Å². The Kier molecular flexibility index (Phi) is 47.1. The van der Waals surface area contributed by atoms with Crippen LogP contribution in [0.15, 0.2) is 0 Å². The molecule has 87 heavy (non-hydrogen) atoms. The molecule has 2 fully saturated rings. The second kappa shape index (κ2) is 42.0. The molecule has 0 saturated heterocycles. The summed E-state index contributed by atoms with van der Waals surface area (Å²) in [7, 11) is 0. The van der Waals surface area contributed by atoms with Crippen molar-refractivity contribution in [1.82, 2.24) is 0 Å². The minimum Gasteiger partial charge on any atom is -0.244 e. The lowest BCUT2D eigenvalue weighted by atomic mass is 9.57. The smallest absolute Gasteiger partial charge is 0.244 e. The standard InChI is InChI=1S/C16H33F.C14H29F.C12H25F.C9H17F3.C9H17F.C7H13F.C7H16.C5H12/c1-10(2)14(11(3)4)16(9,17)15(12(5)6)13(7)8;1-8-12(5,9-2)14(7,15)13(6,10-3)11-4;1-6-10(7-2)12(5,13)11(8-3)9-4;1-6(2)8(5,7(3)4)9(10,11)12;1-8(2)4-6-9(3,10)7-5-8;1-7(8)5-3-2-4-6-7;1-5-7(3,4)6-2;1-5(2,3)4/h10-15H,1-9H3;8-11H2,1-7H3;10-11H,6-9H2,1-5H3;6-7H,1-5H3;4-7H2,1-3H3;2-6H2,1H3;5-6H2,1-4H3;1-4H3. The molecule has 0 N–H and O–H groups in total. The van der Waals surface area contributed by atoms with Gasteiger partial charge in [0.15, 0.2) is 0 Å². The van der Waals surface area contributed by atoms with Gasteiger partial charge in [-0.15, -0.1) is 0 Å². The number of hydrogen-bond acceptors (Lipinski definition) is 0. The first kappa shape index (κ1) is 97.5. The van der Waals surface area contributed by atoms with Gasteiger partial charge in [0.05, 0.1) is 5.41 Å². The van der Waals surface area contributed by atoms with E-state index in [4.69, 9.17) is 0 Å². The summed E-state index contributed by atoms with van der Waals surface area (Å²) < 4.78 is 109. The van der Waals surface area contributed by atoms with Crippen molar-refractivity contribution in [2.75, 3.05) is 0 Å². The van der Waals surface area contributed by atoms with Crippen LogP contribution in [0.5, 0.6) is 0 Å². The van der Waals surface area contributed by atoms with Crippen LogP contribution in [0.2, 0.25) is 0 Å². The summed E-state index contributed by atoms with van der Waals surface area (Å²) in [5.41, 5.74) is -5.31. The lowest BCUT2D eigenvalue weighted by Gasteiger charge is -2.51. The Hall–Kier alpha value is -0.560. The molecule has 8 heteroatoms. The Morgan fingerprint density at radius 3 is 0.713 bits per heavy atom. The molecular formula is C79H162F8. The van der Waals surface area contributed by atoms with Crippen LogP contribution < -0.4 is 0 Å². The minimum atomic E-state index is -4.10. The van der Waals surface area contributed by atoms with Gasteiger partial charge in [0.1, 0.15) is 28.3 Å². The first-order valence-electron chi connectivity index (χ1n) is 36.2. The fourth-order valence-electron chi connectivity index (χ4n) is 13.7. The van der Waals surface area contributed by atoms with E-state index in [0.29, 0.717) is 39.9 Å². The molecular weight excluding hydrogens is 1100 g/mol. The van der Waals surface area contributed by atoms with Crippen molar-refractivity contribution in [2.24, 2.45) is 91.7 Å². The van der Waals surface area contributed by atoms with Gasteiger partial charge < -0.3 is 0 Å². The summed E-state index contributed by atoms with van der Waals surface area (Å²) in [5.74, 6) is 1.56. The summed E-state index contributed by atoms with van der Waals surface area (Å²) >= 11 is 0. The Balaban J connectivity index is -0.000000220. The highest BCUT2D eigenvalue weighted by atomic mass is 19.4. The molecule has 534 valence electrons. The topological polar surface area (TPSA) is 0 Å². The third kappa shape index (κ3) is 36.1. The second-order valence-electron chi connectivity index (χ2n) is 34.4. The Morgan fingerprint density at radius 1 is 0.345 bits per heavy atom. The van der Waals surface area contributed by atoms with Crippen molar-refractivity contribution in [2.45, 2.75) is 420 Å². The van der Waals surface area contributed by atoms with E-state index in [1.807, 2.05) is 13.8 Å². The second-order valence-corrected chi connectivity index (χ2v) is 34.4. The molecule has 0 aliphatic heterocycles. The average molecular weight is 1260 g/mol. The highest BCUT2D eigenvalue weighted by Gasteiger charge is 2.55. The van der Waals surface area contributed by atoms with Crippen molar-refractivity contribution in [3.63, 3.8) is 0 Å². The van der Waals surface area contributed by atoms with Crippen LogP contribution in [0.25, 0.3) is 0 Å². The quantitative estimate of drug-likeness (QED) is 0.0948. The van der Waals surface area contributed by atoms with Crippen molar-refractivity contribution < 1.29 is 35.1 Å². The van der Waals surface area contributed by atoms with Crippen LogP contribution in [-0.2, 0) is 0 Å². The molecule has 0 spiro atoms. The highest BCUT2D eigenvalue weighted by Crippen LogP contribution is 2.54. The van der Waals surface area contributed by atoms with Gasteiger partial charge in [-0.05, 0) is 174 Å². The van der Waals surface area contributed by atoms with E-state index in [2.05, 4.69) is 194 Å². The van der Waals surface area contributed by atoms with Crippen LogP contribution in [-0.4, -0.2) is 34.5 Å². The largest absolute Gasteiger partial charge is 0.394 e. The molecule has 0 aromatic carbocycles. The predicted molar refractivity (Wildman–Crippen MR) is 378 cm³/mol. The van der Waals surface area contributed by atoms with Gasteiger partial charge in [-0.2, -0.15) is 13.2 Å². The van der Waals surface area contributed by atoms with Crippen molar-refractivity contribution >= 4 is 0 Å². The zero-order valence-corrected chi connectivity index (χ0v) is 66.2. The van der Waals surface area contributed by atoms with E-state index in [1.165, 1.54) is 26.2 Å². The first-order valence-corrected chi connectivity index (χ1v) is 36.2. The molecule has 0 aromatic rings. The molecule has 2 saturated carbocycles. The van der Waals surface area contributed by atoms with E-state index in [-0.39, 0.29) is 46.3 Å². The van der Waals surface area contributed by atoms with E-state index in [0.717, 1.165) is 103 Å². The zero-order valence-electron chi connectivity index (χ0n) is 66.2. The Morgan fingerprint density at radius 2 is 0.586 bits per heavy atom. The maximum absolute atomic E-state index is 15.4. The van der Waals surface area contributed by atoms with E-state index in [1.54, 1.807) is 48.5 Å². The van der Waals surface area contributed by atoms with Gasteiger partial charge in [0.2, 0.25) is 0 Å². The van der Waals surface area contributed by atoms with Gasteiger partial charge in [0, 0.05) is 10.8 Å². The highest BCUT2D eigenvalue weighted by molar-refractivity contribution is 5.02. The number of rotatable bonds is 22. The first-order chi connectivity index (χ1) is 38.7. The zero-order chi connectivity index (χ0) is 71.2. The van der Waals surface area contributed by atoms with Crippen LogP contribution in [0.1, 0.15) is 385 Å². The summed E-state index contributed by atoms with van der Waals surface area (Å²) in [4.78, 5) is 0. The third-order valence-electron chi connectivity index (χ3n) is 22.6. The van der Waals surface area contributed by atoms with Gasteiger partial charge in [0.25, 0.3) is 0 Å². The summed E-state index contributed by atoms with van der Waals surface area (Å²) in [6, 6.07) is 0. The molecule has 2 aliphatic carbocycles. The molecule has 0 atom stereocenters. The SMILES string of the molecule is CC(C)(C)C.CC(C)C(C(C)C)C(C)(F)C(C(C)C)C(C)C.CC(C)C(C)(C(C)C)C(F)(F)F.CC1(C)CCC(C)(F)CC1.CC1(F)CCCCC1.CCC(C)(C)CC.CCC(C)(CC)C(C)(F)C(C)(CC)CC.CCC(CC)C(C)(F)C(CC)CC. The normalized spacial score (nSPS) is 16.8. The molecule has 0 radical (unpaired) electrons. The Bertz CT molecular complexity index is 1500. The van der Waals surface area contributed by atoms with E-state index < -0.39 is 39.9 Å². The molecule has 0 bridgehead atoms. The summed E-state index contributed by atoms with van der Waals surface area (Å²) in [6.45, 7) is 77.1. The van der Waals surface area contributed by atoms with Crippen molar-refractivity contribution in [1.29, 1.82) is 0 Å². The number of hydrogen-bond donors (Lipinski definition) is 0. The Labute approximate surface area is 544 Å². The number of halogens is 8. The molecule has 2 aliphatic rings. The van der Waals surface area contributed by atoms with Gasteiger partial charge in [-0.3, -0.25) is 0 Å². The van der Waals surface area contributed by atoms with Gasteiger partial charge in [-0.25, -0.2) is 22.0 Å². The lowest BCUT2D eigenvalue weighted by Crippen LogP contribution is -2.51. The lowest BCUT2D eigenvalue weighted by molar-refractivity contribution is -0.248. The van der Waals surface area contributed by atoms with Crippen LogP contribution >= 0.6 is 0 Å². The predicted octanol–water partition coefficient (Wildman–Crippen LogP) is 30.3. The van der Waals surface area contributed by atoms with Crippen molar-refractivity contribution in [3.8, 4) is 0 Å². The molecule has 0 heterocycles. The fraction of sp³-hybridized carbons (Fsp3) is 1.00. The van der Waals surface area contributed by atoms with Crippen LogP contribution in [0, 0.1) is 91.7 Å². The molecule has 2 rings (SSSR count). The van der Waals surface area contributed by atoms with Gasteiger partial charge in [-0.1, -0.05) is 286 Å². The minimum absolute atomic E-state index is 0.136. The van der Waals surface area contributed by atoms with Crippen LogP contribution in [0.4, 0.5) is 35.1 Å². The maximum atomic E-state index is 15.4. The van der Waals surface area contributed by atoms with Crippen molar-refractivity contribution in [3.05, 3.63) is 0 Å². The van der Waals surface area contributed by atoms with Gasteiger partial charge >= 0.3 is 6.18 Å². The maximum Gasteiger partial charge on any atom is 0.394 e. The molecule has 0 aromatic heterocycles. The monoisotopic (exact) mass is 1260 g/mol. The summed E-state index contributed by atoms with van der Waals surface area (Å²) in [5, 5.41) is 0. The third-order valence-corrected chi connectivity index (χ3v) is 22.6. The molecule has 0 amide bonds. The van der Waals surface area contributed by atoms with E-state index >= 15 is 8.78 Å². The average Bonchev–Trinajstić information content (AvgIpc) is 1.49. The number of alkyl halides is 8.